The number of rotatable bonds is 3. The van der Waals surface area contributed by atoms with Gasteiger partial charge in [0, 0.05) is 0 Å². The van der Waals surface area contributed by atoms with Crippen molar-refractivity contribution in [1.82, 2.24) is 14.6 Å². The predicted octanol–water partition coefficient (Wildman–Crippen LogP) is 0.116. The van der Waals surface area contributed by atoms with Crippen molar-refractivity contribution in [3.8, 4) is 6.07 Å². The van der Waals surface area contributed by atoms with Crippen LogP contribution in [-0.2, 0) is 29.3 Å². The molecular formula is C15H13N5O7. The second-order valence-corrected chi connectivity index (χ2v) is 5.72. The Bertz CT molecular complexity index is 1020. The molecule has 2 saturated heterocycles. The van der Waals surface area contributed by atoms with Crippen molar-refractivity contribution < 1.29 is 34.6 Å². The molecule has 27 heavy (non-hydrogen) atoms. The van der Waals surface area contributed by atoms with Gasteiger partial charge >= 0.3 is 12.3 Å². The summed E-state index contributed by atoms with van der Waals surface area (Å²) in [4.78, 5) is 26.8. The summed E-state index contributed by atoms with van der Waals surface area (Å²) in [7, 11) is 1.13. The highest BCUT2D eigenvalue weighted by Crippen LogP contribution is 2.46. The first-order valence-corrected chi connectivity index (χ1v) is 7.67. The fourth-order valence-corrected chi connectivity index (χ4v) is 3.17. The van der Waals surface area contributed by atoms with Gasteiger partial charge in [0.05, 0.1) is 14.2 Å². The molecule has 0 spiro atoms. The summed E-state index contributed by atoms with van der Waals surface area (Å²) >= 11 is 0. The smallest absolute Gasteiger partial charge is 0.438 e. The molecular weight excluding hydrogens is 362 g/mol. The van der Waals surface area contributed by atoms with E-state index in [9.17, 15) is 14.9 Å². The normalized spacial score (nSPS) is 29.4. The first kappa shape index (κ1) is 15.6. The molecule has 0 aliphatic carbocycles. The second-order valence-electron chi connectivity index (χ2n) is 5.72. The minimum absolute atomic E-state index is 0.0270. The zero-order valence-corrected chi connectivity index (χ0v) is 13.8. The SMILES string of the molecule is [2H]c1cc([C@]2(C#N)O[C@H](COC(=O)OC)[C@H]3OC(=O)O[C@H]32)n2ncnc(N)c12. The van der Waals surface area contributed by atoms with Gasteiger partial charge in [-0.15, -0.1) is 0 Å². The van der Waals surface area contributed by atoms with Gasteiger partial charge in [0.15, 0.2) is 18.0 Å². The first-order chi connectivity index (χ1) is 13.4. The number of carbonyl (C=O) groups excluding carboxylic acids is 2. The number of hydrogen-bond acceptors (Lipinski definition) is 11. The van der Waals surface area contributed by atoms with E-state index < -0.39 is 36.2 Å². The lowest BCUT2D eigenvalue weighted by Crippen LogP contribution is -2.39. The lowest BCUT2D eigenvalue weighted by atomic mass is 9.92. The quantitative estimate of drug-likeness (QED) is 0.724. The van der Waals surface area contributed by atoms with Gasteiger partial charge in [-0.1, -0.05) is 0 Å². The van der Waals surface area contributed by atoms with Gasteiger partial charge in [-0.05, 0) is 12.1 Å². The molecule has 0 bridgehead atoms. The number of nitriles is 1. The summed E-state index contributed by atoms with van der Waals surface area (Å²) < 4.78 is 34.7. The first-order valence-electron chi connectivity index (χ1n) is 8.17. The van der Waals surface area contributed by atoms with Crippen LogP contribution >= 0.6 is 0 Å². The van der Waals surface area contributed by atoms with Crippen LogP contribution in [0.25, 0.3) is 5.52 Å². The van der Waals surface area contributed by atoms with Crippen molar-refractivity contribution >= 4 is 23.6 Å². The lowest BCUT2D eigenvalue weighted by Gasteiger charge is -2.24. The number of hydrogen-bond donors (Lipinski definition) is 1. The Morgan fingerprint density at radius 1 is 1.59 bits per heavy atom. The highest BCUT2D eigenvalue weighted by molar-refractivity contribution is 5.67. The monoisotopic (exact) mass is 376 g/mol. The molecule has 2 N–H and O–H groups in total. The van der Waals surface area contributed by atoms with Crippen LogP contribution in [0.3, 0.4) is 0 Å². The molecule has 4 rings (SSSR count). The lowest BCUT2D eigenvalue weighted by molar-refractivity contribution is -0.0868. The van der Waals surface area contributed by atoms with E-state index >= 15 is 0 Å². The Balaban J connectivity index is 1.80. The summed E-state index contributed by atoms with van der Waals surface area (Å²) in [5, 5.41) is 14.0. The van der Waals surface area contributed by atoms with Crippen molar-refractivity contribution in [2.45, 2.75) is 23.9 Å². The number of fused-ring (bicyclic) bond motifs is 2. The number of nitrogen functional groups attached to an aromatic ring is 1. The fourth-order valence-electron chi connectivity index (χ4n) is 3.17. The predicted molar refractivity (Wildman–Crippen MR) is 83.1 cm³/mol. The van der Waals surface area contributed by atoms with E-state index in [0.29, 0.717) is 0 Å². The highest BCUT2D eigenvalue weighted by Gasteiger charge is 2.65. The minimum atomic E-state index is -1.88. The van der Waals surface area contributed by atoms with E-state index in [-0.39, 0.29) is 29.7 Å². The van der Waals surface area contributed by atoms with Crippen molar-refractivity contribution in [2.24, 2.45) is 0 Å². The van der Waals surface area contributed by atoms with Gasteiger partial charge in [-0.25, -0.2) is 19.1 Å². The van der Waals surface area contributed by atoms with Gasteiger partial charge < -0.3 is 29.4 Å². The molecule has 2 aromatic heterocycles. The van der Waals surface area contributed by atoms with Crippen LogP contribution in [0.2, 0.25) is 0 Å². The van der Waals surface area contributed by atoms with E-state index in [2.05, 4.69) is 14.8 Å². The Morgan fingerprint density at radius 3 is 3.15 bits per heavy atom. The molecule has 0 unspecified atom stereocenters. The van der Waals surface area contributed by atoms with Crippen LogP contribution in [0, 0.1) is 11.3 Å². The molecule has 4 atom stereocenters. The van der Waals surface area contributed by atoms with Crippen molar-refractivity contribution in [1.29, 1.82) is 5.26 Å². The van der Waals surface area contributed by atoms with Crippen LogP contribution in [0.15, 0.2) is 18.4 Å². The van der Waals surface area contributed by atoms with Gasteiger partial charge in [-0.2, -0.15) is 10.4 Å². The fraction of sp³-hybridized carbons (Fsp3) is 0.400. The third-order valence-electron chi connectivity index (χ3n) is 4.33. The average Bonchev–Trinajstić information content (AvgIpc) is 3.31. The molecule has 0 radical (unpaired) electrons. The summed E-state index contributed by atoms with van der Waals surface area (Å²) in [6.45, 7) is -0.359. The molecule has 0 amide bonds. The molecule has 2 aliphatic heterocycles. The third-order valence-corrected chi connectivity index (χ3v) is 4.33. The molecule has 140 valence electrons. The molecule has 2 fully saturated rings. The van der Waals surface area contributed by atoms with Crippen LogP contribution in [0.1, 0.15) is 7.06 Å². The van der Waals surface area contributed by atoms with E-state index in [1.165, 1.54) is 10.6 Å². The Hall–Kier alpha value is -3.59. The number of aromatic nitrogens is 3. The van der Waals surface area contributed by atoms with Crippen molar-refractivity contribution in [3.05, 3.63) is 24.1 Å². The van der Waals surface area contributed by atoms with Gasteiger partial charge in [0.1, 0.15) is 30.6 Å². The largest absolute Gasteiger partial charge is 0.509 e. The molecule has 2 aromatic rings. The molecule has 12 heteroatoms. The van der Waals surface area contributed by atoms with E-state index in [1.54, 1.807) is 0 Å². The topological polar surface area (TPSA) is 160 Å². The summed E-state index contributed by atoms with van der Waals surface area (Å²) in [5.41, 5.74) is 4.18. The number of nitrogens with zero attached hydrogens (tertiary/aromatic N) is 4. The maximum absolute atomic E-state index is 11.7. The van der Waals surface area contributed by atoms with Crippen LogP contribution in [-0.4, -0.2) is 58.9 Å². The maximum atomic E-state index is 11.7. The highest BCUT2D eigenvalue weighted by atomic mass is 16.8. The number of anilines is 1. The van der Waals surface area contributed by atoms with Gasteiger partial charge in [0.2, 0.25) is 5.60 Å². The minimum Gasteiger partial charge on any atom is -0.438 e. The van der Waals surface area contributed by atoms with Crippen LogP contribution in [0.5, 0.6) is 0 Å². The number of nitrogens with two attached hydrogens (primary N) is 1. The van der Waals surface area contributed by atoms with Crippen LogP contribution in [0.4, 0.5) is 15.4 Å². The van der Waals surface area contributed by atoms with Crippen LogP contribution < -0.4 is 5.73 Å². The maximum Gasteiger partial charge on any atom is 0.509 e. The molecule has 0 saturated carbocycles. The zero-order chi connectivity index (χ0) is 20.1. The molecule has 12 nitrogen and oxygen atoms in total. The summed E-state index contributed by atoms with van der Waals surface area (Å²) in [6, 6.07) is 3.25. The van der Waals surface area contributed by atoms with E-state index in [4.69, 9.17) is 26.1 Å². The van der Waals surface area contributed by atoms with Gasteiger partial charge in [0.25, 0.3) is 0 Å². The van der Waals surface area contributed by atoms with E-state index in [0.717, 1.165) is 13.4 Å². The third kappa shape index (κ3) is 2.40. The Kier molecular flexibility index (Phi) is 3.47. The number of methoxy groups -OCH3 is 1. The number of carbonyl (C=O) groups is 2. The molecule has 2 aliphatic rings. The number of ether oxygens (including phenoxy) is 5. The standard InChI is InChI=1S/C15H13N5O7/c1-23-13(21)24-4-8-10-11(26-14(22)25-10)15(5-16,27-8)9-3-2-7-12(17)18-6-19-20(7)9/h2-3,6,8,10-11H,4H2,1H3,(H2,17,18,19)/t8-,10-,11-,15+/m1/s1/i2D. The van der Waals surface area contributed by atoms with Crippen molar-refractivity contribution in [2.75, 3.05) is 19.5 Å². The summed E-state index contributed by atoms with van der Waals surface area (Å²) in [6.07, 6.45) is -4.06. The van der Waals surface area contributed by atoms with E-state index in [1.807, 2.05) is 6.07 Å². The Labute approximate surface area is 152 Å². The molecule has 0 aromatic carbocycles. The van der Waals surface area contributed by atoms with Crippen molar-refractivity contribution in [3.63, 3.8) is 0 Å². The van der Waals surface area contributed by atoms with Gasteiger partial charge in [-0.3, -0.25) is 0 Å². The average molecular weight is 376 g/mol. The summed E-state index contributed by atoms with van der Waals surface area (Å²) in [5.74, 6) is 0.0270. The molecule has 4 heterocycles. The second kappa shape index (κ2) is 5.99. The zero-order valence-electron chi connectivity index (χ0n) is 14.8. The Morgan fingerprint density at radius 2 is 2.41 bits per heavy atom.